The van der Waals surface area contributed by atoms with Gasteiger partial charge < -0.3 is 19.7 Å². The quantitative estimate of drug-likeness (QED) is 0.220. The van der Waals surface area contributed by atoms with E-state index in [-0.39, 0.29) is 23.7 Å². The van der Waals surface area contributed by atoms with E-state index in [2.05, 4.69) is 6.92 Å². The summed E-state index contributed by atoms with van der Waals surface area (Å²) in [6.07, 6.45) is 11.9. The highest BCUT2D eigenvalue weighted by molar-refractivity contribution is 5.69. The zero-order chi connectivity index (χ0) is 24.1. The summed E-state index contributed by atoms with van der Waals surface area (Å²) in [7, 11) is 0. The molecule has 0 heterocycles. The molecule has 0 saturated carbocycles. The van der Waals surface area contributed by atoms with Crippen LogP contribution in [0.25, 0.3) is 0 Å². The van der Waals surface area contributed by atoms with E-state index in [1.54, 1.807) is 13.0 Å². The molecular formula is C26H42O6. The van der Waals surface area contributed by atoms with E-state index in [0.717, 1.165) is 31.3 Å². The average molecular weight is 451 g/mol. The first-order valence-corrected chi connectivity index (χ1v) is 11.9. The molecule has 1 aliphatic rings. The molecule has 182 valence electrons. The minimum atomic E-state index is -0.696. The Balaban J connectivity index is 2.83. The second kappa shape index (κ2) is 14.3. The molecule has 0 spiro atoms. The van der Waals surface area contributed by atoms with Gasteiger partial charge in [0.1, 0.15) is 5.76 Å². The van der Waals surface area contributed by atoms with E-state index in [1.807, 2.05) is 32.1 Å². The van der Waals surface area contributed by atoms with Crippen molar-refractivity contribution >= 4 is 11.9 Å². The minimum Gasteiger partial charge on any atom is -0.466 e. The Morgan fingerprint density at radius 2 is 1.94 bits per heavy atom. The van der Waals surface area contributed by atoms with Crippen molar-refractivity contribution in [2.45, 2.75) is 98.2 Å². The Labute approximate surface area is 193 Å². The van der Waals surface area contributed by atoms with Crippen LogP contribution in [0, 0.1) is 11.3 Å². The predicted octanol–water partition coefficient (Wildman–Crippen LogP) is 5.00. The Hall–Kier alpha value is -1.92. The van der Waals surface area contributed by atoms with Gasteiger partial charge in [-0.15, -0.1) is 0 Å². The van der Waals surface area contributed by atoms with Crippen LogP contribution in [0.3, 0.4) is 0 Å². The van der Waals surface area contributed by atoms with Gasteiger partial charge in [-0.2, -0.15) is 0 Å². The molecule has 0 aromatic heterocycles. The summed E-state index contributed by atoms with van der Waals surface area (Å²) in [5.41, 5.74) is 0.599. The number of rotatable bonds is 14. The molecule has 0 unspecified atom stereocenters. The second-order valence-corrected chi connectivity index (χ2v) is 9.13. The van der Waals surface area contributed by atoms with Crippen molar-refractivity contribution < 1.29 is 29.3 Å². The average Bonchev–Trinajstić information content (AvgIpc) is 3.00. The molecule has 6 heteroatoms. The van der Waals surface area contributed by atoms with Gasteiger partial charge in [-0.25, -0.2) is 0 Å². The molecular weight excluding hydrogens is 408 g/mol. The minimum absolute atomic E-state index is 0.190. The van der Waals surface area contributed by atoms with E-state index in [4.69, 9.17) is 9.47 Å². The normalized spacial score (nSPS) is 20.3. The molecule has 3 atom stereocenters. The van der Waals surface area contributed by atoms with Crippen molar-refractivity contribution in [2.75, 3.05) is 6.61 Å². The van der Waals surface area contributed by atoms with Crippen LogP contribution in [0.4, 0.5) is 0 Å². The monoisotopic (exact) mass is 450 g/mol. The summed E-state index contributed by atoms with van der Waals surface area (Å²) in [5.74, 6) is -0.403. The number of esters is 2. The van der Waals surface area contributed by atoms with Gasteiger partial charge in [0, 0.05) is 25.7 Å². The molecule has 6 nitrogen and oxygen atoms in total. The Bertz CT molecular complexity index is 688. The Kier molecular flexibility index (Phi) is 12.5. The maximum absolute atomic E-state index is 11.5. The molecule has 32 heavy (non-hydrogen) atoms. The third-order valence-electron chi connectivity index (χ3n) is 5.87. The predicted molar refractivity (Wildman–Crippen MR) is 126 cm³/mol. The fraction of sp³-hybridized carbons (Fsp3) is 0.692. The second-order valence-electron chi connectivity index (χ2n) is 9.13. The third-order valence-corrected chi connectivity index (χ3v) is 5.87. The Morgan fingerprint density at radius 3 is 2.56 bits per heavy atom. The number of carbonyl (C=O) groups excluding carboxylic acids is 2. The van der Waals surface area contributed by atoms with Gasteiger partial charge in [0.15, 0.2) is 0 Å². The molecule has 0 bridgehead atoms. The molecule has 0 saturated heterocycles. The molecule has 1 rings (SSSR count). The highest BCUT2D eigenvalue weighted by Gasteiger charge is 2.34. The lowest BCUT2D eigenvalue weighted by molar-refractivity contribution is -0.143. The lowest BCUT2D eigenvalue weighted by Gasteiger charge is -2.29. The van der Waals surface area contributed by atoms with Gasteiger partial charge in [0.2, 0.25) is 0 Å². The molecule has 0 aliphatic heterocycles. The van der Waals surface area contributed by atoms with Crippen LogP contribution in [0.5, 0.6) is 0 Å². The number of unbranched alkanes of at least 4 members (excludes halogenated alkanes) is 2. The number of aliphatic hydroxyl groups excluding tert-OH is 2. The van der Waals surface area contributed by atoms with E-state index in [1.165, 1.54) is 6.92 Å². The summed E-state index contributed by atoms with van der Waals surface area (Å²) in [5, 5.41) is 21.3. The molecule has 2 N–H and O–H groups in total. The molecule has 0 fully saturated rings. The van der Waals surface area contributed by atoms with Crippen molar-refractivity contribution in [1.29, 1.82) is 0 Å². The first-order chi connectivity index (χ1) is 15.1. The van der Waals surface area contributed by atoms with Crippen LogP contribution in [-0.4, -0.2) is 41.0 Å². The number of hydrogen-bond acceptors (Lipinski definition) is 6. The summed E-state index contributed by atoms with van der Waals surface area (Å²) in [6, 6.07) is 0. The van der Waals surface area contributed by atoms with Gasteiger partial charge in [-0.05, 0) is 43.6 Å². The lowest BCUT2D eigenvalue weighted by Crippen LogP contribution is -2.28. The largest absolute Gasteiger partial charge is 0.466 e. The summed E-state index contributed by atoms with van der Waals surface area (Å²) >= 11 is 0. The van der Waals surface area contributed by atoms with Crippen LogP contribution >= 0.6 is 0 Å². The van der Waals surface area contributed by atoms with Crippen LogP contribution in [-0.2, 0) is 19.1 Å². The van der Waals surface area contributed by atoms with E-state index >= 15 is 0 Å². The number of allylic oxidation sites excluding steroid dienone is 2. The maximum Gasteiger partial charge on any atom is 0.307 e. The summed E-state index contributed by atoms with van der Waals surface area (Å²) in [6.45, 7) is 9.75. The summed E-state index contributed by atoms with van der Waals surface area (Å²) < 4.78 is 10.3. The number of aliphatic hydroxyl groups is 2. The van der Waals surface area contributed by atoms with Crippen molar-refractivity contribution in [2.24, 2.45) is 11.3 Å². The molecule has 0 amide bonds. The van der Waals surface area contributed by atoms with E-state index in [9.17, 15) is 19.8 Å². The SMILES string of the molecule is CCCCC(C)(C)[C@@H](O)/C=C/[C@@H]1C(C/C=C\CCCC(=O)OCC)=C(OC(C)=O)C[C@H]1O. The maximum atomic E-state index is 11.5. The highest BCUT2D eigenvalue weighted by Crippen LogP contribution is 2.37. The van der Waals surface area contributed by atoms with Crippen molar-refractivity contribution in [3.05, 3.63) is 35.6 Å². The van der Waals surface area contributed by atoms with Crippen LogP contribution in [0.15, 0.2) is 35.6 Å². The van der Waals surface area contributed by atoms with Gasteiger partial charge in [0.25, 0.3) is 0 Å². The zero-order valence-electron chi connectivity index (χ0n) is 20.4. The van der Waals surface area contributed by atoms with Crippen molar-refractivity contribution in [3.8, 4) is 0 Å². The van der Waals surface area contributed by atoms with Gasteiger partial charge in [0.05, 0.1) is 18.8 Å². The fourth-order valence-electron chi connectivity index (χ4n) is 3.83. The fourth-order valence-corrected chi connectivity index (χ4v) is 3.83. The molecule has 0 radical (unpaired) electrons. The summed E-state index contributed by atoms with van der Waals surface area (Å²) in [4.78, 5) is 22.9. The van der Waals surface area contributed by atoms with E-state index < -0.39 is 18.2 Å². The lowest BCUT2D eigenvalue weighted by atomic mass is 9.80. The first kappa shape index (κ1) is 28.1. The molecule has 1 aliphatic carbocycles. The highest BCUT2D eigenvalue weighted by atomic mass is 16.5. The Morgan fingerprint density at radius 1 is 1.22 bits per heavy atom. The van der Waals surface area contributed by atoms with E-state index in [0.29, 0.717) is 31.6 Å². The number of ether oxygens (including phenoxy) is 2. The van der Waals surface area contributed by atoms with Gasteiger partial charge in [-0.3, -0.25) is 9.59 Å². The zero-order valence-corrected chi connectivity index (χ0v) is 20.4. The number of carbonyl (C=O) groups is 2. The smallest absolute Gasteiger partial charge is 0.307 e. The van der Waals surface area contributed by atoms with Crippen molar-refractivity contribution in [1.82, 2.24) is 0 Å². The van der Waals surface area contributed by atoms with Crippen LogP contribution in [0.1, 0.15) is 86.0 Å². The van der Waals surface area contributed by atoms with Crippen LogP contribution in [0.2, 0.25) is 0 Å². The first-order valence-electron chi connectivity index (χ1n) is 11.9. The van der Waals surface area contributed by atoms with Crippen LogP contribution < -0.4 is 0 Å². The molecule has 0 aromatic rings. The molecule has 0 aromatic carbocycles. The third kappa shape index (κ3) is 9.70. The van der Waals surface area contributed by atoms with Gasteiger partial charge >= 0.3 is 11.9 Å². The van der Waals surface area contributed by atoms with Gasteiger partial charge in [-0.1, -0.05) is 57.9 Å². The number of hydrogen-bond donors (Lipinski definition) is 2. The standard InChI is InChI=1S/C26H42O6/c1-6-8-17-26(4,5)24(29)16-15-20-21(23(18-22(20)28)32-19(3)27)13-11-9-10-12-14-25(30)31-7-2/h9,11,15-16,20,22,24,28-29H,6-8,10,12-14,17-18H2,1-5H3/b11-9-,16-15+/t20-,22-,24+/m1/s1. The van der Waals surface area contributed by atoms with Crippen molar-refractivity contribution in [3.63, 3.8) is 0 Å². The topological polar surface area (TPSA) is 93.1 Å².